The molecule has 104 valence electrons. The average Bonchev–Trinajstić information content (AvgIpc) is 2.40. The van der Waals surface area contributed by atoms with Gasteiger partial charge in [-0.3, -0.25) is 9.78 Å². The maximum atomic E-state index is 12.3. The Labute approximate surface area is 118 Å². The van der Waals surface area contributed by atoms with E-state index >= 15 is 0 Å². The van der Waals surface area contributed by atoms with E-state index in [0.29, 0.717) is 5.56 Å². The van der Waals surface area contributed by atoms with Crippen LogP contribution in [0.2, 0.25) is 0 Å². The van der Waals surface area contributed by atoms with Crippen molar-refractivity contribution in [3.63, 3.8) is 0 Å². The molecule has 1 amide bonds. The summed E-state index contributed by atoms with van der Waals surface area (Å²) in [5.74, 6) is 0.664. The molecule has 0 atom stereocenters. The molecule has 0 unspecified atom stereocenters. The van der Waals surface area contributed by atoms with Crippen LogP contribution in [0.3, 0.4) is 0 Å². The molecular weight excluding hydrogens is 252 g/mol. The molecule has 0 aliphatic rings. The van der Waals surface area contributed by atoms with Crippen LogP contribution in [0.4, 0.5) is 5.69 Å². The summed E-state index contributed by atoms with van der Waals surface area (Å²) in [6.07, 6.45) is 1.68. The summed E-state index contributed by atoms with van der Waals surface area (Å²) < 4.78 is 5.25. The van der Waals surface area contributed by atoms with Crippen LogP contribution in [0, 0.1) is 20.8 Å². The second-order valence-corrected chi connectivity index (χ2v) is 4.78. The number of pyridine rings is 1. The Bertz CT molecular complexity index is 651. The number of nitrogens with one attached hydrogen (secondary N) is 1. The molecule has 1 N–H and O–H groups in total. The van der Waals surface area contributed by atoms with Crippen molar-refractivity contribution in [1.82, 2.24) is 4.98 Å². The highest BCUT2D eigenvalue weighted by atomic mass is 16.5. The molecule has 20 heavy (non-hydrogen) atoms. The monoisotopic (exact) mass is 270 g/mol. The molecule has 0 aliphatic carbocycles. The van der Waals surface area contributed by atoms with Crippen LogP contribution in [0.15, 0.2) is 30.5 Å². The van der Waals surface area contributed by atoms with Gasteiger partial charge in [-0.25, -0.2) is 0 Å². The van der Waals surface area contributed by atoms with Crippen LogP contribution < -0.4 is 10.1 Å². The smallest absolute Gasteiger partial charge is 0.255 e. The Balaban J connectivity index is 2.28. The maximum absolute atomic E-state index is 12.3. The zero-order valence-corrected chi connectivity index (χ0v) is 12.2. The third-order valence-electron chi connectivity index (χ3n) is 3.14. The van der Waals surface area contributed by atoms with Crippen LogP contribution in [0.1, 0.15) is 27.2 Å². The van der Waals surface area contributed by atoms with Gasteiger partial charge in [0.2, 0.25) is 0 Å². The lowest BCUT2D eigenvalue weighted by molar-refractivity contribution is 0.102. The first-order valence-electron chi connectivity index (χ1n) is 6.40. The topological polar surface area (TPSA) is 51.2 Å². The van der Waals surface area contributed by atoms with E-state index in [4.69, 9.17) is 4.74 Å². The van der Waals surface area contributed by atoms with Gasteiger partial charge >= 0.3 is 0 Å². The van der Waals surface area contributed by atoms with Gasteiger partial charge < -0.3 is 10.1 Å². The van der Waals surface area contributed by atoms with Gasteiger partial charge in [0.05, 0.1) is 7.11 Å². The number of aromatic nitrogens is 1. The Kier molecular flexibility index (Phi) is 4.03. The summed E-state index contributed by atoms with van der Waals surface area (Å²) in [5.41, 5.74) is 4.09. The van der Waals surface area contributed by atoms with Crippen molar-refractivity contribution in [3.8, 4) is 5.75 Å². The van der Waals surface area contributed by atoms with Crippen molar-refractivity contribution in [2.24, 2.45) is 0 Å². The predicted octanol–water partition coefficient (Wildman–Crippen LogP) is 3.27. The first-order valence-corrected chi connectivity index (χ1v) is 6.40. The zero-order chi connectivity index (χ0) is 14.7. The molecule has 0 spiro atoms. The molecule has 1 aromatic carbocycles. The van der Waals surface area contributed by atoms with Gasteiger partial charge in [0, 0.05) is 23.1 Å². The second-order valence-electron chi connectivity index (χ2n) is 4.78. The number of aryl methyl sites for hydroxylation is 3. The molecule has 0 radical (unpaired) electrons. The number of nitrogens with zero attached hydrogens (tertiary/aromatic N) is 1. The Morgan fingerprint density at radius 1 is 1.15 bits per heavy atom. The van der Waals surface area contributed by atoms with Gasteiger partial charge in [-0.2, -0.15) is 0 Å². The normalized spacial score (nSPS) is 10.2. The summed E-state index contributed by atoms with van der Waals surface area (Å²) in [5, 5.41) is 2.88. The highest BCUT2D eigenvalue weighted by molar-refractivity contribution is 6.05. The van der Waals surface area contributed by atoms with Gasteiger partial charge in [0.1, 0.15) is 5.75 Å². The quantitative estimate of drug-likeness (QED) is 0.931. The fourth-order valence-electron chi connectivity index (χ4n) is 2.08. The molecular formula is C16H18N2O2. The lowest BCUT2D eigenvalue weighted by Crippen LogP contribution is -2.14. The first kappa shape index (κ1) is 14.1. The number of ether oxygens (including phenoxy) is 1. The van der Waals surface area contributed by atoms with Crippen LogP contribution in [0.5, 0.6) is 5.75 Å². The standard InChI is InChI=1S/C16H18N2O2/c1-10-8-15(20-4)11(2)7-14(10)16(19)18-13-5-6-17-12(3)9-13/h5-9H,1-4H3,(H,17,18,19). The molecule has 4 nitrogen and oxygen atoms in total. The number of hydrogen-bond acceptors (Lipinski definition) is 3. The van der Waals surface area contributed by atoms with E-state index in [0.717, 1.165) is 28.3 Å². The minimum Gasteiger partial charge on any atom is -0.496 e. The van der Waals surface area contributed by atoms with Crippen molar-refractivity contribution in [1.29, 1.82) is 0 Å². The number of rotatable bonds is 3. The summed E-state index contributed by atoms with van der Waals surface area (Å²) >= 11 is 0. The molecule has 0 saturated carbocycles. The minimum atomic E-state index is -0.126. The fraction of sp³-hybridized carbons (Fsp3) is 0.250. The molecule has 2 aromatic rings. The number of hydrogen-bond donors (Lipinski definition) is 1. The Morgan fingerprint density at radius 2 is 1.90 bits per heavy atom. The summed E-state index contributed by atoms with van der Waals surface area (Å²) in [6, 6.07) is 7.33. The van der Waals surface area contributed by atoms with E-state index in [1.165, 1.54) is 0 Å². The van der Waals surface area contributed by atoms with Gasteiger partial charge in [-0.05, 0) is 56.2 Å². The highest BCUT2D eigenvalue weighted by Gasteiger charge is 2.12. The lowest BCUT2D eigenvalue weighted by atomic mass is 10.0. The SMILES string of the molecule is COc1cc(C)c(C(=O)Nc2ccnc(C)c2)cc1C. The number of anilines is 1. The van der Waals surface area contributed by atoms with Crippen LogP contribution in [0.25, 0.3) is 0 Å². The number of methoxy groups -OCH3 is 1. The van der Waals surface area contributed by atoms with Crippen molar-refractivity contribution >= 4 is 11.6 Å². The minimum absolute atomic E-state index is 0.126. The van der Waals surface area contributed by atoms with Crippen LogP contribution in [-0.4, -0.2) is 18.0 Å². The summed E-state index contributed by atoms with van der Waals surface area (Å²) in [6.45, 7) is 5.71. The molecule has 1 aromatic heterocycles. The highest BCUT2D eigenvalue weighted by Crippen LogP contribution is 2.23. The van der Waals surface area contributed by atoms with Crippen molar-refractivity contribution in [3.05, 3.63) is 52.8 Å². The number of amides is 1. The molecule has 0 saturated heterocycles. The summed E-state index contributed by atoms with van der Waals surface area (Å²) in [4.78, 5) is 16.4. The zero-order valence-electron chi connectivity index (χ0n) is 12.2. The first-order chi connectivity index (χ1) is 9.51. The number of benzene rings is 1. The van der Waals surface area contributed by atoms with Crippen LogP contribution in [-0.2, 0) is 0 Å². The van der Waals surface area contributed by atoms with Crippen molar-refractivity contribution in [2.45, 2.75) is 20.8 Å². The van der Waals surface area contributed by atoms with Gasteiger partial charge in [-0.1, -0.05) is 0 Å². The lowest BCUT2D eigenvalue weighted by Gasteiger charge is -2.11. The van der Waals surface area contributed by atoms with E-state index in [1.54, 1.807) is 19.4 Å². The average molecular weight is 270 g/mol. The number of carbonyl (C=O) groups excluding carboxylic acids is 1. The third-order valence-corrected chi connectivity index (χ3v) is 3.14. The Hall–Kier alpha value is -2.36. The van der Waals surface area contributed by atoms with E-state index in [-0.39, 0.29) is 5.91 Å². The van der Waals surface area contributed by atoms with Gasteiger partial charge in [0.15, 0.2) is 0 Å². The molecule has 4 heteroatoms. The molecule has 2 rings (SSSR count). The molecule has 0 aliphatic heterocycles. The van der Waals surface area contributed by atoms with E-state index in [1.807, 2.05) is 39.0 Å². The second kappa shape index (κ2) is 5.74. The number of carbonyl (C=O) groups is 1. The van der Waals surface area contributed by atoms with Crippen molar-refractivity contribution in [2.75, 3.05) is 12.4 Å². The van der Waals surface area contributed by atoms with E-state index < -0.39 is 0 Å². The molecule has 1 heterocycles. The van der Waals surface area contributed by atoms with E-state index in [2.05, 4.69) is 10.3 Å². The predicted molar refractivity (Wildman–Crippen MR) is 79.4 cm³/mol. The molecule has 0 bridgehead atoms. The van der Waals surface area contributed by atoms with Crippen LogP contribution >= 0.6 is 0 Å². The van der Waals surface area contributed by atoms with Gasteiger partial charge in [-0.15, -0.1) is 0 Å². The maximum Gasteiger partial charge on any atom is 0.255 e. The van der Waals surface area contributed by atoms with Gasteiger partial charge in [0.25, 0.3) is 5.91 Å². The summed E-state index contributed by atoms with van der Waals surface area (Å²) in [7, 11) is 1.63. The third kappa shape index (κ3) is 2.96. The Morgan fingerprint density at radius 3 is 2.55 bits per heavy atom. The molecule has 0 fully saturated rings. The van der Waals surface area contributed by atoms with Crippen molar-refractivity contribution < 1.29 is 9.53 Å². The van der Waals surface area contributed by atoms with E-state index in [9.17, 15) is 4.79 Å². The fourth-order valence-corrected chi connectivity index (χ4v) is 2.08. The largest absolute Gasteiger partial charge is 0.496 e.